The number of imidazole rings is 1. The van der Waals surface area contributed by atoms with E-state index >= 15 is 0 Å². The van der Waals surface area contributed by atoms with Crippen LogP contribution in [-0.2, 0) is 6.54 Å². The van der Waals surface area contributed by atoms with E-state index in [1.807, 2.05) is 59.3 Å². The van der Waals surface area contributed by atoms with Gasteiger partial charge in [-0.05, 0) is 35.4 Å². The maximum absolute atomic E-state index is 12.6. The fraction of sp³-hybridized carbons (Fsp3) is 0.136. The number of aromatic nitrogens is 2. The number of benzene rings is 2. The van der Waals surface area contributed by atoms with Crippen molar-refractivity contribution in [3.05, 3.63) is 89.4 Å². The number of carbonyl (C=O) groups is 1. The largest absolute Gasteiger partial charge is 0.333 e. The van der Waals surface area contributed by atoms with Crippen molar-refractivity contribution in [2.24, 2.45) is 4.99 Å². The molecule has 0 saturated heterocycles. The van der Waals surface area contributed by atoms with Gasteiger partial charge in [-0.15, -0.1) is 0 Å². The predicted molar refractivity (Wildman–Crippen MR) is 117 cm³/mol. The van der Waals surface area contributed by atoms with Crippen LogP contribution < -0.4 is 5.32 Å². The summed E-state index contributed by atoms with van der Waals surface area (Å²) >= 11 is 1.67. The van der Waals surface area contributed by atoms with Crippen molar-refractivity contribution < 1.29 is 4.79 Å². The van der Waals surface area contributed by atoms with Gasteiger partial charge in [-0.25, -0.2) is 4.98 Å². The maximum Gasteiger partial charge on any atom is 0.255 e. The molecule has 0 saturated carbocycles. The number of nitrogens with one attached hydrogen (secondary N) is 1. The van der Waals surface area contributed by atoms with Crippen molar-refractivity contribution in [2.45, 2.75) is 6.54 Å². The third-order valence-corrected chi connectivity index (χ3v) is 5.85. The lowest BCUT2D eigenvalue weighted by molar-refractivity contribution is 0.102. The van der Waals surface area contributed by atoms with Crippen molar-refractivity contribution in [2.75, 3.05) is 18.4 Å². The molecule has 6 nitrogen and oxygen atoms in total. The molecule has 144 valence electrons. The molecule has 3 heterocycles. The molecule has 0 unspecified atom stereocenters. The first-order valence-electron chi connectivity index (χ1n) is 9.41. The fourth-order valence-electron chi connectivity index (χ4n) is 3.43. The van der Waals surface area contributed by atoms with Crippen LogP contribution >= 0.6 is 11.8 Å². The van der Waals surface area contributed by atoms with Crippen molar-refractivity contribution in [3.63, 3.8) is 0 Å². The minimum Gasteiger partial charge on any atom is -0.333 e. The number of thioether (sulfide) groups is 1. The highest BCUT2D eigenvalue weighted by atomic mass is 32.2. The van der Waals surface area contributed by atoms with E-state index in [1.165, 1.54) is 5.70 Å². The van der Waals surface area contributed by atoms with Crippen LogP contribution in [0, 0.1) is 0 Å². The monoisotopic (exact) mass is 401 g/mol. The third-order valence-electron chi connectivity index (χ3n) is 4.95. The number of carbonyl (C=O) groups excluding carboxylic acids is 1. The molecule has 0 fully saturated rings. The van der Waals surface area contributed by atoms with Gasteiger partial charge in [0.1, 0.15) is 0 Å². The summed E-state index contributed by atoms with van der Waals surface area (Å²) < 4.78 is 1.99. The Kier molecular flexibility index (Phi) is 4.65. The zero-order valence-corrected chi connectivity index (χ0v) is 16.5. The Bertz CT molecular complexity index is 1090. The number of nitrogens with zero attached hydrogens (tertiary/aromatic N) is 4. The van der Waals surface area contributed by atoms with E-state index in [1.54, 1.807) is 24.3 Å². The molecular formula is C22H19N5OS. The number of fused-ring (bicyclic) bond motifs is 1. The standard InChI is InChI=1S/C22H19N5OS/c28-21(18-3-1-16(2-4-18)13-26-11-9-23-15-26)25-19-7-5-17(6-8-19)20-14-29-22-24-10-12-27(20)22/h1-9,11,14-15H,10,12-13H2,(H,25,28). The highest BCUT2D eigenvalue weighted by molar-refractivity contribution is 8.16. The Balaban J connectivity index is 1.23. The first-order valence-corrected chi connectivity index (χ1v) is 10.3. The second-order valence-electron chi connectivity index (χ2n) is 6.90. The van der Waals surface area contributed by atoms with E-state index in [-0.39, 0.29) is 5.91 Å². The van der Waals surface area contributed by atoms with Gasteiger partial charge in [0, 0.05) is 42.1 Å². The van der Waals surface area contributed by atoms with Crippen LogP contribution in [-0.4, -0.2) is 38.6 Å². The van der Waals surface area contributed by atoms with Crippen LogP contribution in [0.4, 0.5) is 5.69 Å². The van der Waals surface area contributed by atoms with Crippen LogP contribution in [0.1, 0.15) is 21.5 Å². The molecule has 0 atom stereocenters. The second kappa shape index (κ2) is 7.60. The number of rotatable bonds is 5. The molecule has 2 aliphatic rings. The van der Waals surface area contributed by atoms with Crippen LogP contribution in [0.3, 0.4) is 0 Å². The Labute approximate surface area is 173 Å². The second-order valence-corrected chi connectivity index (χ2v) is 7.74. The number of aliphatic imine (C=N–C) groups is 1. The molecular weight excluding hydrogens is 382 g/mol. The van der Waals surface area contributed by atoms with E-state index < -0.39 is 0 Å². The summed E-state index contributed by atoms with van der Waals surface area (Å²) in [7, 11) is 0. The maximum atomic E-state index is 12.6. The molecule has 2 aromatic carbocycles. The number of hydrogen-bond acceptors (Lipinski definition) is 5. The number of anilines is 1. The highest BCUT2D eigenvalue weighted by Gasteiger charge is 2.26. The SMILES string of the molecule is O=C(Nc1ccc(C2=CSC3=NCCN23)cc1)c1ccc(Cn2ccnc2)cc1. The molecule has 3 aromatic rings. The Morgan fingerprint density at radius 2 is 1.93 bits per heavy atom. The van der Waals surface area contributed by atoms with Crippen LogP contribution in [0.25, 0.3) is 5.70 Å². The summed E-state index contributed by atoms with van der Waals surface area (Å²) in [5.41, 5.74) is 4.85. The van der Waals surface area contributed by atoms with Gasteiger partial charge >= 0.3 is 0 Å². The quantitative estimate of drug-likeness (QED) is 0.704. The van der Waals surface area contributed by atoms with Gasteiger partial charge in [-0.2, -0.15) is 0 Å². The third kappa shape index (κ3) is 3.69. The summed E-state index contributed by atoms with van der Waals surface area (Å²) in [5, 5.41) is 6.18. The predicted octanol–water partition coefficient (Wildman–Crippen LogP) is 3.90. The molecule has 29 heavy (non-hydrogen) atoms. The van der Waals surface area contributed by atoms with Crippen LogP contribution in [0.5, 0.6) is 0 Å². The van der Waals surface area contributed by atoms with E-state index in [4.69, 9.17) is 0 Å². The fourth-order valence-corrected chi connectivity index (χ4v) is 4.39. The first-order chi connectivity index (χ1) is 14.3. The molecule has 0 bridgehead atoms. The molecule has 0 spiro atoms. The summed E-state index contributed by atoms with van der Waals surface area (Å²) in [5.74, 6) is -0.114. The normalized spacial score (nSPS) is 15.1. The topological polar surface area (TPSA) is 62.5 Å². The molecule has 1 N–H and O–H groups in total. The van der Waals surface area contributed by atoms with Crippen molar-refractivity contribution >= 4 is 34.2 Å². The van der Waals surface area contributed by atoms with Gasteiger partial charge in [0.05, 0.1) is 18.6 Å². The minimum absolute atomic E-state index is 0.114. The van der Waals surface area contributed by atoms with Crippen LogP contribution in [0.2, 0.25) is 0 Å². The molecule has 0 radical (unpaired) electrons. The van der Waals surface area contributed by atoms with Crippen LogP contribution in [0.15, 0.2) is 77.7 Å². The summed E-state index contributed by atoms with van der Waals surface area (Å²) in [6, 6.07) is 15.6. The molecule has 7 heteroatoms. The van der Waals surface area contributed by atoms with Gasteiger partial charge in [-0.1, -0.05) is 36.0 Å². The van der Waals surface area contributed by atoms with Gasteiger partial charge < -0.3 is 14.8 Å². The Morgan fingerprint density at radius 1 is 1.10 bits per heavy atom. The first kappa shape index (κ1) is 17.8. The number of hydrogen-bond donors (Lipinski definition) is 1. The number of amidine groups is 1. The van der Waals surface area contributed by atoms with E-state index in [2.05, 4.69) is 25.6 Å². The average Bonchev–Trinajstić information content (AvgIpc) is 3.48. The Morgan fingerprint density at radius 3 is 2.69 bits per heavy atom. The lowest BCUT2D eigenvalue weighted by Gasteiger charge is -2.17. The lowest BCUT2D eigenvalue weighted by Crippen LogP contribution is -2.19. The number of amides is 1. The molecule has 0 aliphatic carbocycles. The Hall–Kier alpha value is -3.32. The zero-order chi connectivity index (χ0) is 19.6. The van der Waals surface area contributed by atoms with E-state index in [9.17, 15) is 4.79 Å². The lowest BCUT2D eigenvalue weighted by atomic mass is 10.1. The van der Waals surface area contributed by atoms with Gasteiger partial charge in [0.25, 0.3) is 5.91 Å². The summed E-state index contributed by atoms with van der Waals surface area (Å²) in [4.78, 5) is 23.3. The average molecular weight is 401 g/mol. The molecule has 1 amide bonds. The van der Waals surface area contributed by atoms with Gasteiger partial charge in [0.15, 0.2) is 5.17 Å². The van der Waals surface area contributed by atoms with Crippen molar-refractivity contribution in [3.8, 4) is 0 Å². The highest BCUT2D eigenvalue weighted by Crippen LogP contribution is 2.35. The van der Waals surface area contributed by atoms with E-state index in [0.29, 0.717) is 5.56 Å². The van der Waals surface area contributed by atoms with Gasteiger partial charge in [0.2, 0.25) is 0 Å². The van der Waals surface area contributed by atoms with Crippen molar-refractivity contribution in [1.29, 1.82) is 0 Å². The van der Waals surface area contributed by atoms with E-state index in [0.717, 1.165) is 41.6 Å². The molecule has 5 rings (SSSR count). The summed E-state index contributed by atoms with van der Waals surface area (Å²) in [6.45, 7) is 2.53. The zero-order valence-electron chi connectivity index (χ0n) is 15.7. The summed E-state index contributed by atoms with van der Waals surface area (Å²) in [6.07, 6.45) is 5.46. The smallest absolute Gasteiger partial charge is 0.255 e. The molecule has 2 aliphatic heterocycles. The molecule has 1 aromatic heterocycles. The van der Waals surface area contributed by atoms with Gasteiger partial charge in [-0.3, -0.25) is 9.79 Å². The van der Waals surface area contributed by atoms with Crippen molar-refractivity contribution in [1.82, 2.24) is 14.5 Å². The minimum atomic E-state index is -0.114.